The van der Waals surface area contributed by atoms with Gasteiger partial charge in [0.25, 0.3) is 10.0 Å². The van der Waals surface area contributed by atoms with Crippen molar-refractivity contribution >= 4 is 21.6 Å². The van der Waals surface area contributed by atoms with Crippen LogP contribution in [0.15, 0.2) is 53.4 Å². The topological polar surface area (TPSA) is 84.9 Å². The van der Waals surface area contributed by atoms with Gasteiger partial charge >= 0.3 is 0 Å². The van der Waals surface area contributed by atoms with Gasteiger partial charge in [-0.2, -0.15) is 0 Å². The van der Waals surface area contributed by atoms with Crippen molar-refractivity contribution in [3.8, 4) is 0 Å². The van der Waals surface area contributed by atoms with Crippen LogP contribution >= 0.6 is 0 Å². The summed E-state index contributed by atoms with van der Waals surface area (Å²) >= 11 is 0. The monoisotopic (exact) mass is 448 g/mol. The molecule has 2 aliphatic heterocycles. The van der Waals surface area contributed by atoms with Crippen molar-refractivity contribution in [2.45, 2.75) is 30.4 Å². The highest BCUT2D eigenvalue weighted by Gasteiger charge is 2.32. The Kier molecular flexibility index (Phi) is 6.54. The number of nitrogens with zero attached hydrogens (tertiary/aromatic N) is 1. The van der Waals surface area contributed by atoms with E-state index >= 15 is 0 Å². The van der Waals surface area contributed by atoms with E-state index in [4.69, 9.17) is 9.47 Å². The predicted molar refractivity (Wildman–Crippen MR) is 112 cm³/mol. The van der Waals surface area contributed by atoms with Gasteiger partial charge in [0.15, 0.2) is 6.29 Å². The quantitative estimate of drug-likeness (QED) is 0.735. The molecular formula is C22H25FN2O5S. The fourth-order valence-corrected chi connectivity index (χ4v) is 4.97. The van der Waals surface area contributed by atoms with Gasteiger partial charge in [-0.15, -0.1) is 0 Å². The molecule has 2 heterocycles. The molecule has 2 fully saturated rings. The number of halogens is 1. The molecule has 0 spiro atoms. The molecule has 0 bridgehead atoms. The summed E-state index contributed by atoms with van der Waals surface area (Å²) in [5.41, 5.74) is 1.17. The van der Waals surface area contributed by atoms with Crippen molar-refractivity contribution in [1.82, 2.24) is 4.90 Å². The first-order valence-electron chi connectivity index (χ1n) is 10.3. The number of carbonyl (C=O) groups excluding carboxylic acids is 1. The fourth-order valence-electron chi connectivity index (χ4n) is 3.91. The third-order valence-electron chi connectivity index (χ3n) is 5.53. The van der Waals surface area contributed by atoms with E-state index in [-0.39, 0.29) is 29.4 Å². The number of rotatable bonds is 6. The van der Waals surface area contributed by atoms with Crippen molar-refractivity contribution in [2.75, 3.05) is 31.0 Å². The van der Waals surface area contributed by atoms with Crippen LogP contribution in [0.4, 0.5) is 10.1 Å². The van der Waals surface area contributed by atoms with Crippen molar-refractivity contribution < 1.29 is 27.1 Å². The zero-order valence-corrected chi connectivity index (χ0v) is 17.8. The Bertz CT molecular complexity index is 1010. The van der Waals surface area contributed by atoms with Gasteiger partial charge < -0.3 is 14.4 Å². The number of benzene rings is 2. The summed E-state index contributed by atoms with van der Waals surface area (Å²) in [5, 5.41) is 0. The van der Waals surface area contributed by atoms with Crippen LogP contribution in [0.5, 0.6) is 0 Å². The van der Waals surface area contributed by atoms with Crippen molar-refractivity contribution in [2.24, 2.45) is 5.92 Å². The highest BCUT2D eigenvalue weighted by Crippen LogP contribution is 2.25. The molecule has 166 valence electrons. The van der Waals surface area contributed by atoms with Crippen LogP contribution in [0.1, 0.15) is 18.4 Å². The van der Waals surface area contributed by atoms with Gasteiger partial charge in [-0.1, -0.05) is 12.1 Å². The Morgan fingerprint density at radius 3 is 2.42 bits per heavy atom. The molecular weight excluding hydrogens is 423 g/mol. The van der Waals surface area contributed by atoms with E-state index < -0.39 is 15.8 Å². The highest BCUT2D eigenvalue weighted by molar-refractivity contribution is 7.92. The molecule has 2 aromatic rings. The van der Waals surface area contributed by atoms with E-state index in [1.807, 2.05) is 4.90 Å². The van der Waals surface area contributed by atoms with Gasteiger partial charge in [0.05, 0.1) is 24.5 Å². The Labute approximate surface area is 181 Å². The molecule has 0 radical (unpaired) electrons. The van der Waals surface area contributed by atoms with Crippen LogP contribution in [0.25, 0.3) is 0 Å². The van der Waals surface area contributed by atoms with E-state index in [2.05, 4.69) is 4.72 Å². The first-order valence-corrected chi connectivity index (χ1v) is 11.8. The SMILES string of the molecule is O=C(Cc1ccc(NS(=O)(=O)c2ccc(F)cc2)cc1)N1CCCC(C2OCCO2)C1. The number of carbonyl (C=O) groups is 1. The number of ether oxygens (including phenoxy) is 2. The first kappa shape index (κ1) is 21.7. The van der Waals surface area contributed by atoms with E-state index in [9.17, 15) is 17.6 Å². The molecule has 0 saturated carbocycles. The largest absolute Gasteiger partial charge is 0.350 e. The van der Waals surface area contributed by atoms with Crippen molar-refractivity contribution in [3.63, 3.8) is 0 Å². The third kappa shape index (κ3) is 5.41. The smallest absolute Gasteiger partial charge is 0.261 e. The van der Waals surface area contributed by atoms with Crippen LogP contribution in [0, 0.1) is 11.7 Å². The van der Waals surface area contributed by atoms with Crippen molar-refractivity contribution in [1.29, 1.82) is 0 Å². The molecule has 1 atom stereocenters. The summed E-state index contributed by atoms with van der Waals surface area (Å²) in [6.45, 7) is 2.55. The molecule has 0 aliphatic carbocycles. The predicted octanol–water partition coefficient (Wildman–Crippen LogP) is 2.78. The Morgan fingerprint density at radius 1 is 1.06 bits per heavy atom. The van der Waals surface area contributed by atoms with Crippen LogP contribution in [0.2, 0.25) is 0 Å². The van der Waals surface area contributed by atoms with E-state index in [1.165, 1.54) is 12.1 Å². The maximum absolute atomic E-state index is 13.0. The Balaban J connectivity index is 1.34. The molecule has 2 aromatic carbocycles. The Morgan fingerprint density at radius 2 is 1.74 bits per heavy atom. The number of anilines is 1. The normalized spacial score (nSPS) is 20.0. The molecule has 2 saturated heterocycles. The fraction of sp³-hybridized carbons (Fsp3) is 0.409. The molecule has 1 N–H and O–H groups in total. The lowest BCUT2D eigenvalue weighted by Gasteiger charge is -2.34. The van der Waals surface area contributed by atoms with Crippen LogP contribution < -0.4 is 4.72 Å². The van der Waals surface area contributed by atoms with E-state index in [1.54, 1.807) is 24.3 Å². The van der Waals surface area contributed by atoms with Crippen LogP contribution in [-0.4, -0.2) is 51.8 Å². The van der Waals surface area contributed by atoms with Gasteiger partial charge in [0, 0.05) is 24.7 Å². The molecule has 9 heteroatoms. The number of sulfonamides is 1. The summed E-state index contributed by atoms with van der Waals surface area (Å²) < 4.78 is 51.5. The minimum absolute atomic E-state index is 0.0250. The number of hydrogen-bond acceptors (Lipinski definition) is 5. The molecule has 1 amide bonds. The minimum Gasteiger partial charge on any atom is -0.350 e. The van der Waals surface area contributed by atoms with Gasteiger partial charge in [-0.05, 0) is 54.8 Å². The molecule has 7 nitrogen and oxygen atoms in total. The molecule has 31 heavy (non-hydrogen) atoms. The average molecular weight is 449 g/mol. The second kappa shape index (κ2) is 9.33. The van der Waals surface area contributed by atoms with Gasteiger partial charge in [0.1, 0.15) is 5.82 Å². The van der Waals surface area contributed by atoms with Crippen LogP contribution in [0.3, 0.4) is 0 Å². The van der Waals surface area contributed by atoms with Gasteiger partial charge in [-0.3, -0.25) is 9.52 Å². The average Bonchev–Trinajstić information content (AvgIpc) is 3.30. The first-order chi connectivity index (χ1) is 14.9. The number of likely N-dealkylation sites (tertiary alicyclic amines) is 1. The third-order valence-corrected chi connectivity index (χ3v) is 6.93. The maximum atomic E-state index is 13.0. The highest BCUT2D eigenvalue weighted by atomic mass is 32.2. The zero-order chi connectivity index (χ0) is 21.8. The number of piperidine rings is 1. The van der Waals surface area contributed by atoms with E-state index in [0.717, 1.165) is 37.1 Å². The lowest BCUT2D eigenvalue weighted by atomic mass is 9.96. The summed E-state index contributed by atoms with van der Waals surface area (Å²) in [6, 6.07) is 11.3. The number of nitrogens with one attached hydrogen (secondary N) is 1. The molecule has 1 unspecified atom stereocenters. The molecule has 0 aromatic heterocycles. The lowest BCUT2D eigenvalue weighted by molar-refractivity contribution is -0.138. The summed E-state index contributed by atoms with van der Waals surface area (Å²) in [7, 11) is -3.81. The minimum atomic E-state index is -3.81. The number of amides is 1. The van der Waals surface area contributed by atoms with Gasteiger partial charge in [-0.25, -0.2) is 12.8 Å². The zero-order valence-electron chi connectivity index (χ0n) is 17.0. The summed E-state index contributed by atoms with van der Waals surface area (Å²) in [4.78, 5) is 14.6. The lowest BCUT2D eigenvalue weighted by Crippen LogP contribution is -2.44. The summed E-state index contributed by atoms with van der Waals surface area (Å²) in [6.07, 6.45) is 1.93. The molecule has 2 aliphatic rings. The second-order valence-electron chi connectivity index (χ2n) is 7.79. The second-order valence-corrected chi connectivity index (χ2v) is 9.47. The van der Waals surface area contributed by atoms with E-state index in [0.29, 0.717) is 25.4 Å². The Hall–Kier alpha value is -2.49. The van der Waals surface area contributed by atoms with Crippen LogP contribution in [-0.2, 0) is 30.7 Å². The molecule has 4 rings (SSSR count). The number of hydrogen-bond donors (Lipinski definition) is 1. The summed E-state index contributed by atoms with van der Waals surface area (Å²) in [5.74, 6) is -0.276. The standard InChI is InChI=1S/C22H25FN2O5S/c23-18-5-9-20(10-6-18)31(27,28)24-19-7-3-16(4-8-19)14-21(26)25-11-1-2-17(15-25)22-29-12-13-30-22/h3-10,17,22,24H,1-2,11-15H2. The van der Waals surface area contributed by atoms with Crippen molar-refractivity contribution in [3.05, 3.63) is 59.9 Å². The van der Waals surface area contributed by atoms with Gasteiger partial charge in [0.2, 0.25) is 5.91 Å². The maximum Gasteiger partial charge on any atom is 0.261 e.